The van der Waals surface area contributed by atoms with E-state index >= 15 is 0 Å². The summed E-state index contributed by atoms with van der Waals surface area (Å²) in [6.07, 6.45) is 3.24. The molecule has 2 aromatic carbocycles. The van der Waals surface area contributed by atoms with Gasteiger partial charge in [-0.1, -0.05) is 90.9 Å². The van der Waals surface area contributed by atoms with Crippen molar-refractivity contribution in [1.82, 2.24) is 0 Å². The van der Waals surface area contributed by atoms with Crippen LogP contribution >= 0.6 is 0 Å². The minimum absolute atomic E-state index is 0. The van der Waals surface area contributed by atoms with Crippen molar-refractivity contribution in [2.45, 2.75) is 54.9 Å². The van der Waals surface area contributed by atoms with E-state index in [-0.39, 0.29) is 41.1 Å². The summed E-state index contributed by atoms with van der Waals surface area (Å²) in [6, 6.07) is 18.2. The molecule has 4 radical (unpaired) electrons. The molecule has 0 saturated heterocycles. The van der Waals surface area contributed by atoms with E-state index in [2.05, 4.69) is 18.2 Å². The third-order valence-corrected chi connectivity index (χ3v) is 2.93. The van der Waals surface area contributed by atoms with Crippen LogP contribution in [0.4, 0.5) is 4.39 Å². The van der Waals surface area contributed by atoms with Crippen LogP contribution in [0.5, 0.6) is 0 Å². The van der Waals surface area contributed by atoms with E-state index in [1.165, 1.54) is 11.1 Å². The van der Waals surface area contributed by atoms with Gasteiger partial charge in [0.2, 0.25) is 5.97 Å². The Kier molecular flexibility index (Phi) is 38.3. The van der Waals surface area contributed by atoms with E-state index in [0.29, 0.717) is 12.8 Å². The molecule has 0 heterocycles. The third-order valence-electron chi connectivity index (χ3n) is 2.93. The first-order valence-corrected chi connectivity index (χ1v) is 9.49. The fourth-order valence-corrected chi connectivity index (χ4v) is 1.94. The molecule has 0 unspecified atom stereocenters. The molecule has 0 aliphatic rings. The molecule has 0 fully saturated rings. The molecule has 0 spiro atoms. The average Bonchev–Trinajstić information content (AvgIpc) is 2.75. The van der Waals surface area contributed by atoms with E-state index in [1.807, 2.05) is 84.0 Å². The Morgan fingerprint density at radius 3 is 1.59 bits per heavy atom. The second-order valence-corrected chi connectivity index (χ2v) is 4.41. The fourth-order valence-electron chi connectivity index (χ4n) is 1.94. The summed E-state index contributed by atoms with van der Waals surface area (Å²) in [5.41, 5.74) is 4.00. The maximum absolute atomic E-state index is 10.6. The number of benzene rings is 2. The van der Waals surface area contributed by atoms with Crippen LogP contribution in [0, 0.1) is 6.08 Å². The summed E-state index contributed by atoms with van der Waals surface area (Å²) in [5, 5.41) is 8.66. The maximum Gasteiger partial charge on any atom is 0.235 e. The first-order chi connectivity index (χ1) is 13.1. The monoisotopic (exact) mass is 475 g/mol. The Balaban J connectivity index is -0.000000172. The summed E-state index contributed by atoms with van der Waals surface area (Å²) in [5.74, 6) is -1.04. The molecule has 2 nitrogen and oxygen atoms in total. The maximum atomic E-state index is 10.6. The summed E-state index contributed by atoms with van der Waals surface area (Å²) in [7, 11) is 0.500. The molecule has 2 aromatic rings. The van der Waals surface area contributed by atoms with Gasteiger partial charge in [-0.2, -0.15) is 11.6 Å². The number of allylic oxidation sites excluding steroid dienone is 1. The van der Waals surface area contributed by atoms with Gasteiger partial charge in [0, 0.05) is 41.1 Å². The zero-order valence-electron chi connectivity index (χ0n) is 19.3. The average molecular weight is 475 g/mol. The molecule has 0 aliphatic carbocycles. The Morgan fingerprint density at radius 2 is 1.21 bits per heavy atom. The largest absolute Gasteiger partial charge is 0.492 e. The standard InChI is InChI=1S/C17H15O2.3C2H6.CH3F.B.Y/c1-13(11-17(18)19)16-9-7-15(8-10-16)12-14-5-3-2-4-6-14;4*1-2;;/h2-10H,12H2,1H3,(H,18,19);3*1-2H3;1H3;;/q-1;;;;;;. The second-order valence-electron chi connectivity index (χ2n) is 4.41. The van der Waals surface area contributed by atoms with Crippen LogP contribution in [0.3, 0.4) is 0 Å². The van der Waals surface area contributed by atoms with Crippen molar-refractivity contribution >= 4 is 20.0 Å². The van der Waals surface area contributed by atoms with Gasteiger partial charge in [-0.25, -0.2) is 5.57 Å². The van der Waals surface area contributed by atoms with Crippen molar-refractivity contribution < 1.29 is 47.0 Å². The van der Waals surface area contributed by atoms with Crippen LogP contribution in [0.1, 0.15) is 65.2 Å². The fraction of sp³-hybridized carbons (Fsp3) is 0.375. The normalized spacial score (nSPS) is 8.24. The van der Waals surface area contributed by atoms with E-state index < -0.39 is 5.97 Å². The van der Waals surface area contributed by atoms with E-state index in [4.69, 9.17) is 5.11 Å². The smallest absolute Gasteiger partial charge is 0.235 e. The number of aliphatic carboxylic acids is 1. The first-order valence-electron chi connectivity index (χ1n) is 9.49. The van der Waals surface area contributed by atoms with Crippen molar-refractivity contribution in [3.8, 4) is 0 Å². The number of rotatable bonds is 4. The number of carboxylic acids is 1. The molecule has 0 amide bonds. The van der Waals surface area contributed by atoms with Crippen molar-refractivity contribution in [3.63, 3.8) is 0 Å². The van der Waals surface area contributed by atoms with Crippen LogP contribution < -0.4 is 0 Å². The van der Waals surface area contributed by atoms with Crippen LogP contribution in [0.2, 0.25) is 0 Å². The molecule has 5 heteroatoms. The zero-order valence-corrected chi connectivity index (χ0v) is 22.1. The Labute approximate surface area is 205 Å². The predicted molar refractivity (Wildman–Crippen MR) is 122 cm³/mol. The molecule has 2 rings (SSSR count). The van der Waals surface area contributed by atoms with Crippen molar-refractivity contribution in [1.29, 1.82) is 0 Å². The van der Waals surface area contributed by atoms with Crippen molar-refractivity contribution in [3.05, 3.63) is 77.4 Å². The quantitative estimate of drug-likeness (QED) is 0.299. The topological polar surface area (TPSA) is 37.3 Å². The first kappa shape index (κ1) is 38.4. The van der Waals surface area contributed by atoms with E-state index in [1.54, 1.807) is 6.92 Å². The summed E-state index contributed by atoms with van der Waals surface area (Å²) in [6.45, 7) is 13.8. The van der Waals surface area contributed by atoms with Gasteiger partial charge in [0.1, 0.15) is 0 Å². The third kappa shape index (κ3) is 19.8. The number of halogens is 1. The molecule has 0 aromatic heterocycles. The van der Waals surface area contributed by atoms with Crippen molar-refractivity contribution in [2.75, 3.05) is 7.18 Å². The number of hydrogen-bond donors (Lipinski definition) is 1. The molecular weight excluding hydrogens is 439 g/mol. The second kappa shape index (κ2) is 29.0. The molecule has 0 aliphatic heterocycles. The van der Waals surface area contributed by atoms with Gasteiger partial charge in [0.15, 0.2) is 0 Å². The Hall–Kier alpha value is -1.25. The number of carboxylic acid groups (broad SMARTS) is 1. The van der Waals surface area contributed by atoms with Crippen LogP contribution in [0.15, 0.2) is 54.6 Å². The van der Waals surface area contributed by atoms with Gasteiger partial charge < -0.3 is 5.11 Å². The minimum atomic E-state index is -1.04. The summed E-state index contributed by atoms with van der Waals surface area (Å²) in [4.78, 5) is 10.6. The molecular formula is C24H36BFO2Y-. The van der Waals surface area contributed by atoms with Crippen LogP contribution in [0.25, 0.3) is 5.57 Å². The molecule has 29 heavy (non-hydrogen) atoms. The number of alkyl halides is 1. The van der Waals surface area contributed by atoms with Gasteiger partial charge in [-0.05, 0) is 17.5 Å². The number of hydrogen-bond acceptors (Lipinski definition) is 1. The van der Waals surface area contributed by atoms with Gasteiger partial charge in [0.25, 0.3) is 0 Å². The predicted octanol–water partition coefficient (Wildman–Crippen LogP) is 6.85. The molecule has 158 valence electrons. The molecule has 1 N–H and O–H groups in total. The number of carbonyl (C=O) groups is 1. The summed E-state index contributed by atoms with van der Waals surface area (Å²) < 4.78 is 9.50. The van der Waals surface area contributed by atoms with Crippen molar-refractivity contribution in [2.24, 2.45) is 0 Å². The van der Waals surface area contributed by atoms with Gasteiger partial charge in [-0.15, -0.1) is 12.1 Å². The van der Waals surface area contributed by atoms with E-state index in [9.17, 15) is 9.18 Å². The zero-order chi connectivity index (χ0) is 21.7. The molecule has 0 bridgehead atoms. The van der Waals surface area contributed by atoms with Gasteiger partial charge in [-0.3, -0.25) is 9.18 Å². The van der Waals surface area contributed by atoms with Crippen LogP contribution in [-0.2, 0) is 43.9 Å². The SMILES string of the molecule is CC.CC.CC.CC(=[C-]C(=O)O)c1ccc(Cc2ccccc2)cc1.CF.[B].[Y]. The van der Waals surface area contributed by atoms with Gasteiger partial charge >= 0.3 is 0 Å². The van der Waals surface area contributed by atoms with Crippen LogP contribution in [-0.4, -0.2) is 26.7 Å². The molecule has 0 atom stereocenters. The minimum Gasteiger partial charge on any atom is -0.492 e. The van der Waals surface area contributed by atoms with E-state index in [0.717, 1.165) is 12.0 Å². The Morgan fingerprint density at radius 1 is 0.828 bits per heavy atom. The molecule has 0 saturated carbocycles. The summed E-state index contributed by atoms with van der Waals surface area (Å²) >= 11 is 0. The van der Waals surface area contributed by atoms with Gasteiger partial charge in [0.05, 0.1) is 7.18 Å². The Bertz CT molecular complexity index is 600.